The van der Waals surface area contributed by atoms with E-state index in [1.54, 1.807) is 0 Å². The van der Waals surface area contributed by atoms with Gasteiger partial charge in [-0.3, -0.25) is 4.79 Å². The smallest absolute Gasteiger partial charge is 0.326 e. The molecule has 0 aromatic carbocycles. The second kappa shape index (κ2) is 3.75. The summed E-state index contributed by atoms with van der Waals surface area (Å²) in [6, 6.07) is -0.843. The van der Waals surface area contributed by atoms with Gasteiger partial charge in [0, 0.05) is 13.1 Å². The van der Waals surface area contributed by atoms with Crippen LogP contribution in [0.25, 0.3) is 0 Å². The minimum Gasteiger partial charge on any atom is -0.480 e. The highest BCUT2D eigenvalue weighted by Gasteiger charge is 2.19. The zero-order chi connectivity index (χ0) is 9.02. The molecule has 11 heavy (non-hydrogen) atoms. The zero-order valence-corrected chi connectivity index (χ0v) is 6.57. The van der Waals surface area contributed by atoms with Crippen LogP contribution in [0.3, 0.4) is 0 Å². The average molecular weight is 157 g/mol. The van der Waals surface area contributed by atoms with Crippen molar-refractivity contribution in [2.24, 2.45) is 0 Å². The van der Waals surface area contributed by atoms with E-state index in [2.05, 4.69) is 6.58 Å². The van der Waals surface area contributed by atoms with Crippen LogP contribution < -0.4 is 0 Å². The molecule has 0 aliphatic rings. The Morgan fingerprint density at radius 3 is 2.18 bits per heavy atom. The van der Waals surface area contributed by atoms with E-state index < -0.39 is 12.0 Å². The van der Waals surface area contributed by atoms with Gasteiger partial charge >= 0.3 is 5.97 Å². The predicted molar refractivity (Wildman–Crippen MR) is 39.8 cm³/mol. The van der Waals surface area contributed by atoms with Crippen molar-refractivity contribution in [3.05, 3.63) is 12.8 Å². The largest absolute Gasteiger partial charge is 0.480 e. The highest BCUT2D eigenvalue weighted by molar-refractivity contribution is 5.82. The Labute approximate surface area is 65.1 Å². The van der Waals surface area contributed by atoms with Crippen molar-refractivity contribution in [3.8, 4) is 0 Å². The average Bonchev–Trinajstić information content (AvgIpc) is 1.88. The highest BCUT2D eigenvalue weighted by Crippen LogP contribution is 1.99. The van der Waals surface area contributed by atoms with E-state index in [9.17, 15) is 9.59 Å². The van der Waals surface area contributed by atoms with Crippen LogP contribution in [0.5, 0.6) is 0 Å². The summed E-state index contributed by atoms with van der Waals surface area (Å²) in [4.78, 5) is 22.1. The molecule has 1 atom stereocenters. The Kier molecular flexibility index (Phi) is 3.30. The van der Waals surface area contributed by atoms with Crippen LogP contribution in [0.2, 0.25) is 0 Å². The number of nitrogens with zero attached hydrogens (tertiary/aromatic N) is 1. The van der Waals surface area contributed by atoms with Gasteiger partial charge in [0.05, 0.1) is 0 Å². The van der Waals surface area contributed by atoms with Crippen molar-refractivity contribution in [2.45, 2.75) is 19.9 Å². The number of hydrogen-bond acceptors (Lipinski definition) is 2. The van der Waals surface area contributed by atoms with Gasteiger partial charge in [-0.05, 0) is 6.92 Å². The minimum atomic E-state index is -1.04. The lowest BCUT2D eigenvalue weighted by Gasteiger charge is -2.19. The highest BCUT2D eigenvalue weighted by atomic mass is 16.4. The molecule has 0 radical (unpaired) electrons. The van der Waals surface area contributed by atoms with Gasteiger partial charge in [-0.2, -0.15) is 0 Å². The maximum absolute atomic E-state index is 10.7. The Balaban J connectivity index is 4.37. The molecular formula is C7H11NO3. The Morgan fingerprint density at radius 1 is 1.64 bits per heavy atom. The fourth-order valence-corrected chi connectivity index (χ4v) is 0.678. The van der Waals surface area contributed by atoms with Gasteiger partial charge < -0.3 is 10.0 Å². The van der Waals surface area contributed by atoms with Crippen molar-refractivity contribution in [1.29, 1.82) is 0 Å². The summed E-state index contributed by atoms with van der Waals surface area (Å²) in [6.07, 6.45) is 1.21. The molecule has 4 nitrogen and oxygen atoms in total. The standard InChI is InChI=1S/C7H11NO3/c1-4-8(6(3)9)5(2)7(10)11/h4-5H,1H2,2-3H3,(H,10,11). The molecule has 0 saturated carbocycles. The van der Waals surface area contributed by atoms with Gasteiger partial charge in [0.15, 0.2) is 0 Å². The normalized spacial score (nSPS) is 11.8. The van der Waals surface area contributed by atoms with E-state index in [-0.39, 0.29) is 5.91 Å². The fraction of sp³-hybridized carbons (Fsp3) is 0.429. The maximum Gasteiger partial charge on any atom is 0.326 e. The van der Waals surface area contributed by atoms with Crippen LogP contribution in [0, 0.1) is 0 Å². The lowest BCUT2D eigenvalue weighted by molar-refractivity contribution is -0.146. The first-order valence-electron chi connectivity index (χ1n) is 3.15. The molecule has 0 aliphatic carbocycles. The van der Waals surface area contributed by atoms with Gasteiger partial charge in [-0.1, -0.05) is 6.58 Å². The first-order chi connectivity index (χ1) is 5.00. The van der Waals surface area contributed by atoms with Crippen molar-refractivity contribution in [2.75, 3.05) is 0 Å². The number of carboxylic acid groups (broad SMARTS) is 1. The second-order valence-electron chi connectivity index (χ2n) is 2.12. The van der Waals surface area contributed by atoms with Gasteiger partial charge in [0.25, 0.3) is 0 Å². The number of carbonyl (C=O) groups is 2. The molecule has 0 fully saturated rings. The number of rotatable bonds is 3. The van der Waals surface area contributed by atoms with Crippen LogP contribution in [-0.4, -0.2) is 27.9 Å². The van der Waals surface area contributed by atoms with Crippen LogP contribution >= 0.6 is 0 Å². The molecule has 0 saturated heterocycles. The predicted octanol–water partition coefficient (Wildman–Crippen LogP) is 0.452. The number of amides is 1. The molecule has 1 N–H and O–H groups in total. The Morgan fingerprint density at radius 2 is 2.09 bits per heavy atom. The zero-order valence-electron chi connectivity index (χ0n) is 6.57. The quantitative estimate of drug-likeness (QED) is 0.647. The molecule has 0 spiro atoms. The monoisotopic (exact) mass is 157 g/mol. The van der Waals surface area contributed by atoms with Gasteiger partial charge in [-0.15, -0.1) is 0 Å². The van der Waals surface area contributed by atoms with Crippen molar-refractivity contribution in [3.63, 3.8) is 0 Å². The third kappa shape index (κ3) is 2.41. The summed E-state index contributed by atoms with van der Waals surface area (Å²) in [6.45, 7) is 6.04. The van der Waals surface area contributed by atoms with E-state index in [1.807, 2.05) is 0 Å². The topological polar surface area (TPSA) is 57.6 Å². The molecular weight excluding hydrogens is 146 g/mol. The van der Waals surface area contributed by atoms with Crippen molar-refractivity contribution >= 4 is 11.9 Å². The molecule has 0 aliphatic heterocycles. The third-order valence-electron chi connectivity index (χ3n) is 1.33. The van der Waals surface area contributed by atoms with E-state index in [4.69, 9.17) is 5.11 Å². The number of carboxylic acids is 1. The molecule has 62 valence electrons. The molecule has 0 rings (SSSR count). The maximum atomic E-state index is 10.7. The summed E-state index contributed by atoms with van der Waals surface area (Å²) >= 11 is 0. The molecule has 1 amide bonds. The Bertz CT molecular complexity index is 188. The summed E-state index contributed by atoms with van der Waals surface area (Å²) in [7, 11) is 0. The Hall–Kier alpha value is -1.32. The third-order valence-corrected chi connectivity index (χ3v) is 1.33. The summed E-state index contributed by atoms with van der Waals surface area (Å²) in [5, 5.41) is 8.49. The molecule has 4 heteroatoms. The fourth-order valence-electron chi connectivity index (χ4n) is 0.678. The van der Waals surface area contributed by atoms with Crippen LogP contribution in [0.1, 0.15) is 13.8 Å². The molecule has 0 heterocycles. The first kappa shape index (κ1) is 9.68. The van der Waals surface area contributed by atoms with E-state index in [0.717, 1.165) is 4.90 Å². The first-order valence-corrected chi connectivity index (χ1v) is 3.15. The SMILES string of the molecule is C=CN(C(C)=O)C(C)C(=O)O. The van der Waals surface area contributed by atoms with Crippen LogP contribution in [-0.2, 0) is 9.59 Å². The lowest BCUT2D eigenvalue weighted by Crippen LogP contribution is -2.37. The lowest BCUT2D eigenvalue weighted by atomic mass is 10.3. The number of aliphatic carboxylic acids is 1. The van der Waals surface area contributed by atoms with Gasteiger partial charge in [-0.25, -0.2) is 4.79 Å². The molecule has 1 unspecified atom stereocenters. The number of hydrogen-bond donors (Lipinski definition) is 1. The van der Waals surface area contributed by atoms with Crippen LogP contribution in [0.15, 0.2) is 12.8 Å². The van der Waals surface area contributed by atoms with E-state index >= 15 is 0 Å². The van der Waals surface area contributed by atoms with E-state index in [1.165, 1.54) is 20.0 Å². The summed E-state index contributed by atoms with van der Waals surface area (Å²) < 4.78 is 0. The van der Waals surface area contributed by atoms with Crippen molar-refractivity contribution < 1.29 is 14.7 Å². The minimum absolute atomic E-state index is 0.324. The van der Waals surface area contributed by atoms with Crippen molar-refractivity contribution in [1.82, 2.24) is 4.90 Å². The second-order valence-corrected chi connectivity index (χ2v) is 2.12. The van der Waals surface area contributed by atoms with Gasteiger partial charge in [0.1, 0.15) is 6.04 Å². The molecule has 0 aromatic rings. The summed E-state index contributed by atoms with van der Waals surface area (Å²) in [5.74, 6) is -1.37. The summed E-state index contributed by atoms with van der Waals surface area (Å²) in [5.41, 5.74) is 0. The van der Waals surface area contributed by atoms with E-state index in [0.29, 0.717) is 0 Å². The molecule has 0 aromatic heterocycles. The van der Waals surface area contributed by atoms with Crippen LogP contribution in [0.4, 0.5) is 0 Å². The van der Waals surface area contributed by atoms with Gasteiger partial charge in [0.2, 0.25) is 5.91 Å². The molecule has 0 bridgehead atoms. The number of carbonyl (C=O) groups excluding carboxylic acids is 1.